The van der Waals surface area contributed by atoms with E-state index in [9.17, 15) is 18.0 Å². The van der Waals surface area contributed by atoms with Crippen molar-refractivity contribution in [3.05, 3.63) is 135 Å². The number of halogens is 5. The summed E-state index contributed by atoms with van der Waals surface area (Å²) in [6, 6.07) is 29.5. The maximum Gasteiger partial charge on any atom is 0.417 e. The normalized spacial score (nSPS) is 12.9. The molecule has 0 aliphatic rings. The van der Waals surface area contributed by atoms with Gasteiger partial charge in [0.25, 0.3) is 0 Å². The number of nitrogens with zero attached hydrogens (tertiary/aromatic N) is 1. The number of alkyl halides is 3. The van der Waals surface area contributed by atoms with Crippen molar-refractivity contribution in [2.45, 2.75) is 51.2 Å². The molecule has 2 atom stereocenters. The van der Waals surface area contributed by atoms with Crippen LogP contribution >= 0.6 is 23.2 Å². The molecule has 0 heterocycles. The average molecular weight is 687 g/mol. The monoisotopic (exact) mass is 685 g/mol. The van der Waals surface area contributed by atoms with Crippen LogP contribution in [0.3, 0.4) is 0 Å². The number of methoxy groups -OCH3 is 1. The van der Waals surface area contributed by atoms with Crippen LogP contribution in [0.25, 0.3) is 0 Å². The molecule has 4 rings (SSSR count). The Labute approximate surface area is 285 Å². The van der Waals surface area contributed by atoms with Crippen LogP contribution < -0.4 is 4.74 Å². The SMILES string of the molecule is CCC(CC(=O)OC)Cc1cccc(OCCCN(Cc2cccc(C(F)(F)F)c2Cl)CC(c2ccccc2)c2ccccc2Cl)c1. The second-order valence-electron chi connectivity index (χ2n) is 11.6. The summed E-state index contributed by atoms with van der Waals surface area (Å²) in [6.45, 7) is 3.70. The van der Waals surface area contributed by atoms with Gasteiger partial charge in [-0.2, -0.15) is 13.2 Å². The Hall–Kier alpha value is -3.52. The van der Waals surface area contributed by atoms with Crippen LogP contribution in [0.2, 0.25) is 10.0 Å². The van der Waals surface area contributed by atoms with Gasteiger partial charge in [0.05, 0.1) is 24.3 Å². The molecule has 0 saturated heterocycles. The van der Waals surface area contributed by atoms with Gasteiger partial charge in [-0.05, 0) is 65.3 Å². The lowest BCUT2D eigenvalue weighted by molar-refractivity contribution is -0.141. The van der Waals surface area contributed by atoms with Gasteiger partial charge in [-0.15, -0.1) is 0 Å². The number of benzene rings is 4. The third-order valence-corrected chi connectivity index (χ3v) is 9.06. The quantitative estimate of drug-likeness (QED) is 0.0869. The molecular weight excluding hydrogens is 646 g/mol. The molecule has 0 radical (unpaired) electrons. The Morgan fingerprint density at radius 2 is 1.64 bits per heavy atom. The van der Waals surface area contributed by atoms with E-state index in [0.29, 0.717) is 43.1 Å². The summed E-state index contributed by atoms with van der Waals surface area (Å²) in [4.78, 5) is 13.9. The van der Waals surface area contributed by atoms with Crippen LogP contribution in [-0.4, -0.2) is 37.7 Å². The number of ether oxygens (including phenoxy) is 2. The van der Waals surface area contributed by atoms with Crippen LogP contribution in [0.5, 0.6) is 5.75 Å². The van der Waals surface area contributed by atoms with Crippen LogP contribution in [0.15, 0.2) is 97.1 Å². The number of carbonyl (C=O) groups excluding carboxylic acids is 1. The third kappa shape index (κ3) is 10.7. The van der Waals surface area contributed by atoms with Crippen molar-refractivity contribution in [1.82, 2.24) is 4.90 Å². The molecular formula is C38H40Cl2F3NO3. The third-order valence-electron chi connectivity index (χ3n) is 8.27. The van der Waals surface area contributed by atoms with E-state index in [1.807, 2.05) is 78.9 Å². The minimum atomic E-state index is -4.55. The molecule has 250 valence electrons. The summed E-state index contributed by atoms with van der Waals surface area (Å²) in [5.41, 5.74) is 2.61. The second kappa shape index (κ2) is 17.6. The first-order chi connectivity index (χ1) is 22.6. The van der Waals surface area contributed by atoms with Crippen molar-refractivity contribution in [2.24, 2.45) is 5.92 Å². The van der Waals surface area contributed by atoms with Gasteiger partial charge in [0.1, 0.15) is 5.75 Å². The van der Waals surface area contributed by atoms with Crippen molar-refractivity contribution in [3.8, 4) is 5.75 Å². The Balaban J connectivity index is 1.52. The Bertz CT molecular complexity index is 1580. The molecule has 9 heteroatoms. The molecule has 4 nitrogen and oxygen atoms in total. The van der Waals surface area contributed by atoms with E-state index in [1.54, 1.807) is 6.07 Å². The number of hydrogen-bond acceptors (Lipinski definition) is 4. The number of carbonyl (C=O) groups is 1. The largest absolute Gasteiger partial charge is 0.494 e. The van der Waals surface area contributed by atoms with Gasteiger partial charge in [-0.1, -0.05) is 109 Å². The molecule has 2 unspecified atom stereocenters. The van der Waals surface area contributed by atoms with E-state index < -0.39 is 11.7 Å². The van der Waals surface area contributed by atoms with E-state index in [4.69, 9.17) is 32.7 Å². The van der Waals surface area contributed by atoms with Crippen LogP contribution in [-0.2, 0) is 28.7 Å². The van der Waals surface area contributed by atoms with Crippen LogP contribution in [0.4, 0.5) is 13.2 Å². The van der Waals surface area contributed by atoms with Gasteiger partial charge < -0.3 is 9.47 Å². The lowest BCUT2D eigenvalue weighted by atomic mass is 9.90. The lowest BCUT2D eigenvalue weighted by Gasteiger charge is -2.29. The maximum absolute atomic E-state index is 13.7. The zero-order valence-electron chi connectivity index (χ0n) is 26.6. The van der Waals surface area contributed by atoms with E-state index in [0.717, 1.165) is 41.3 Å². The molecule has 0 aromatic heterocycles. The van der Waals surface area contributed by atoms with Gasteiger partial charge in [-0.3, -0.25) is 9.69 Å². The van der Waals surface area contributed by atoms with Gasteiger partial charge in [0.15, 0.2) is 0 Å². The van der Waals surface area contributed by atoms with E-state index in [2.05, 4.69) is 11.8 Å². The molecule has 0 spiro atoms. The standard InChI is InChI=1S/C38H40Cl2F3NO3/c1-3-27(24-36(45)46-2)22-28-12-9-16-31(23-28)47-21-11-20-44(25-30-15-10-18-34(37(30)40)38(41,42)43)26-33(29-13-5-4-6-14-29)32-17-7-8-19-35(32)39/h4-10,12-19,23,27,33H,3,11,20-22,24-26H2,1-2H3. The first kappa shape index (κ1) is 36.3. The van der Waals surface area contributed by atoms with Crippen molar-refractivity contribution in [3.63, 3.8) is 0 Å². The average Bonchev–Trinajstić information content (AvgIpc) is 3.06. The minimum absolute atomic E-state index is 0.136. The zero-order chi connectivity index (χ0) is 33.8. The number of esters is 1. The van der Waals surface area contributed by atoms with E-state index in [-0.39, 0.29) is 29.4 Å². The molecule has 4 aromatic carbocycles. The molecule has 47 heavy (non-hydrogen) atoms. The van der Waals surface area contributed by atoms with Gasteiger partial charge >= 0.3 is 12.1 Å². The first-order valence-electron chi connectivity index (χ1n) is 15.7. The van der Waals surface area contributed by atoms with Crippen molar-refractivity contribution >= 4 is 29.2 Å². The van der Waals surface area contributed by atoms with Gasteiger partial charge in [-0.25, -0.2) is 0 Å². The van der Waals surface area contributed by atoms with Gasteiger partial charge in [0.2, 0.25) is 0 Å². The minimum Gasteiger partial charge on any atom is -0.494 e. The summed E-state index contributed by atoms with van der Waals surface area (Å²) in [5, 5.41) is 0.336. The molecule has 0 bridgehead atoms. The summed E-state index contributed by atoms with van der Waals surface area (Å²) in [5.74, 6) is 0.540. The smallest absolute Gasteiger partial charge is 0.417 e. The van der Waals surface area contributed by atoms with E-state index in [1.165, 1.54) is 13.2 Å². The highest BCUT2D eigenvalue weighted by Crippen LogP contribution is 2.37. The topological polar surface area (TPSA) is 38.8 Å². The summed E-state index contributed by atoms with van der Waals surface area (Å²) in [7, 11) is 1.40. The molecule has 4 aromatic rings. The van der Waals surface area contributed by atoms with Crippen molar-refractivity contribution in [1.29, 1.82) is 0 Å². The fourth-order valence-electron chi connectivity index (χ4n) is 5.73. The van der Waals surface area contributed by atoms with Crippen molar-refractivity contribution < 1.29 is 27.4 Å². The predicted octanol–water partition coefficient (Wildman–Crippen LogP) is 10.2. The fourth-order valence-corrected chi connectivity index (χ4v) is 6.30. The van der Waals surface area contributed by atoms with Gasteiger partial charge in [0, 0.05) is 37.0 Å². The molecule has 0 saturated carbocycles. The summed E-state index contributed by atoms with van der Waals surface area (Å²) in [6.07, 6.45) is -1.99. The molecule has 0 aliphatic carbocycles. The van der Waals surface area contributed by atoms with Crippen LogP contribution in [0.1, 0.15) is 59.9 Å². The fraction of sp³-hybridized carbons (Fsp3) is 0.342. The Kier molecular flexibility index (Phi) is 13.6. The molecule has 0 aliphatic heterocycles. The second-order valence-corrected chi connectivity index (χ2v) is 12.4. The zero-order valence-corrected chi connectivity index (χ0v) is 28.1. The highest BCUT2D eigenvalue weighted by Gasteiger charge is 2.34. The molecule has 0 fully saturated rings. The predicted molar refractivity (Wildman–Crippen MR) is 182 cm³/mol. The number of rotatable bonds is 16. The Morgan fingerprint density at radius 3 is 2.34 bits per heavy atom. The highest BCUT2D eigenvalue weighted by atomic mass is 35.5. The maximum atomic E-state index is 13.7. The van der Waals surface area contributed by atoms with Crippen molar-refractivity contribution in [2.75, 3.05) is 26.8 Å². The highest BCUT2D eigenvalue weighted by molar-refractivity contribution is 6.32. The number of hydrogen-bond donors (Lipinski definition) is 0. The lowest BCUT2D eigenvalue weighted by Crippen LogP contribution is -2.31. The molecule has 0 amide bonds. The molecule has 0 N–H and O–H groups in total. The Morgan fingerprint density at radius 1 is 0.915 bits per heavy atom. The summed E-state index contributed by atoms with van der Waals surface area (Å²) < 4.78 is 52.1. The summed E-state index contributed by atoms with van der Waals surface area (Å²) >= 11 is 13.0. The first-order valence-corrected chi connectivity index (χ1v) is 16.5. The van der Waals surface area contributed by atoms with Crippen LogP contribution in [0, 0.1) is 5.92 Å². The van der Waals surface area contributed by atoms with E-state index >= 15 is 0 Å².